The summed E-state index contributed by atoms with van der Waals surface area (Å²) in [6.07, 6.45) is 7.33. The third kappa shape index (κ3) is 10.4. The van der Waals surface area contributed by atoms with Crippen molar-refractivity contribution in [3.8, 4) is 51.3 Å². The Kier molecular flexibility index (Phi) is 14.5. The highest BCUT2D eigenvalue weighted by molar-refractivity contribution is 5.96. The van der Waals surface area contributed by atoms with Gasteiger partial charge in [-0.1, -0.05) is 24.3 Å². The first kappa shape index (κ1) is 51.9. The monoisotopic (exact) mass is 1070 g/mol. The molecule has 9 aromatic rings. The molecule has 9 heterocycles. The van der Waals surface area contributed by atoms with Crippen LogP contribution in [0.4, 0.5) is 0 Å². The van der Waals surface area contributed by atoms with Crippen molar-refractivity contribution in [2.24, 2.45) is 0 Å². The molecule has 6 bridgehead atoms. The second-order valence-corrected chi connectivity index (χ2v) is 20.7. The first-order chi connectivity index (χ1) is 38.5. The Morgan fingerprint density at radius 3 is 2.34 bits per heavy atom. The zero-order valence-electron chi connectivity index (χ0n) is 44.4. The first-order valence-electron chi connectivity index (χ1n) is 26.9. The Morgan fingerprint density at radius 1 is 0.797 bits per heavy atom. The summed E-state index contributed by atoms with van der Waals surface area (Å²) >= 11 is 0. The Hall–Kier alpha value is -7.86. The van der Waals surface area contributed by atoms with Crippen LogP contribution in [-0.2, 0) is 33.9 Å². The maximum Gasteiger partial charge on any atom is 0.275 e. The van der Waals surface area contributed by atoms with Gasteiger partial charge in [-0.3, -0.25) is 43.7 Å². The van der Waals surface area contributed by atoms with Gasteiger partial charge in [0, 0.05) is 87.5 Å². The molecule has 4 N–H and O–H groups in total. The van der Waals surface area contributed by atoms with Crippen LogP contribution in [-0.4, -0.2) is 149 Å². The highest BCUT2D eigenvalue weighted by atomic mass is 16.7. The van der Waals surface area contributed by atoms with Gasteiger partial charge in [0.2, 0.25) is 5.88 Å². The topological polar surface area (TPSA) is 255 Å². The van der Waals surface area contributed by atoms with Crippen molar-refractivity contribution in [1.29, 1.82) is 0 Å². The first-order valence-corrected chi connectivity index (χ1v) is 26.9. The number of likely N-dealkylation sites (tertiary alicyclic amines) is 1. The zero-order valence-corrected chi connectivity index (χ0v) is 44.4. The molecule has 0 amide bonds. The number of aliphatic hydroxyl groups is 1. The van der Waals surface area contributed by atoms with Gasteiger partial charge >= 0.3 is 0 Å². The molecule has 4 aliphatic rings. The number of nitrogens with zero attached hydrogens (tertiary/aromatic N) is 9. The number of aromatic amines is 3. The van der Waals surface area contributed by atoms with Crippen molar-refractivity contribution in [2.75, 3.05) is 53.8 Å². The fourth-order valence-electron chi connectivity index (χ4n) is 11.4. The highest BCUT2D eigenvalue weighted by Gasteiger charge is 2.32. The molecular weight excluding hydrogens is 1010 g/mol. The number of para-hydroxylation sites is 2. The molecule has 4 aromatic carbocycles. The van der Waals surface area contributed by atoms with E-state index in [-0.39, 0.29) is 53.7 Å². The number of H-pyrrole nitrogens is 3. The van der Waals surface area contributed by atoms with Gasteiger partial charge in [0.1, 0.15) is 34.3 Å². The SMILES string of the molecule is COCOc1cc(COC2CCCCO2)cc2nc(OC)c(-c3cccc4c(=O)n(CCN5C[C@H](O)C[C@H]5C)[nH]c34)nc12.C[C@@H]1CC2CN1CCn1[nH]c3c(cccc3c1=O)-c1nc3c(cc(-c4ncccn4)cc3[nH]c1=O)O2. The summed E-state index contributed by atoms with van der Waals surface area (Å²) in [4.78, 5) is 70.6. The van der Waals surface area contributed by atoms with Gasteiger partial charge in [-0.15, -0.1) is 0 Å². The van der Waals surface area contributed by atoms with Gasteiger partial charge in [-0.2, -0.15) is 0 Å². The summed E-state index contributed by atoms with van der Waals surface area (Å²) in [6, 6.07) is 20.7. The van der Waals surface area contributed by atoms with E-state index >= 15 is 0 Å². The number of hydrogen-bond acceptors (Lipinski definition) is 17. The lowest BCUT2D eigenvalue weighted by Crippen LogP contribution is -2.33. The normalized spacial score (nSPS) is 21.2. The molecule has 410 valence electrons. The minimum absolute atomic E-state index is 0.0343. The minimum Gasteiger partial charge on any atom is -0.487 e. The van der Waals surface area contributed by atoms with Gasteiger partial charge in [0.25, 0.3) is 16.7 Å². The number of β-amino-alcohol motifs (C(OH)–C–C–N with tert-alkyl or cyclic N) is 1. The fourth-order valence-corrected chi connectivity index (χ4v) is 11.4. The van der Waals surface area contributed by atoms with Crippen molar-refractivity contribution in [2.45, 2.75) is 96.2 Å². The predicted molar refractivity (Wildman–Crippen MR) is 295 cm³/mol. The van der Waals surface area contributed by atoms with E-state index in [2.05, 4.69) is 48.8 Å². The average Bonchev–Trinajstić information content (AvgIpc) is 4.21. The van der Waals surface area contributed by atoms with Crippen LogP contribution in [0, 0.1) is 0 Å². The molecule has 0 aliphatic carbocycles. The molecule has 79 heavy (non-hydrogen) atoms. The lowest BCUT2D eigenvalue weighted by Gasteiger charge is -2.23. The summed E-state index contributed by atoms with van der Waals surface area (Å²) in [6.45, 7) is 9.03. The number of aliphatic hydroxyl groups excluding tert-OH is 1. The van der Waals surface area contributed by atoms with Crippen LogP contribution in [0.2, 0.25) is 0 Å². The number of methoxy groups -OCH3 is 2. The second kappa shape index (κ2) is 22.1. The van der Waals surface area contributed by atoms with Crippen molar-refractivity contribution in [3.63, 3.8) is 0 Å². The largest absolute Gasteiger partial charge is 0.487 e. The lowest BCUT2D eigenvalue weighted by molar-refractivity contribution is -0.168. The number of aromatic nitrogens is 10. The number of hydrogen-bond donors (Lipinski definition) is 4. The van der Waals surface area contributed by atoms with Crippen LogP contribution in [0.25, 0.3) is 77.8 Å². The van der Waals surface area contributed by atoms with E-state index in [0.29, 0.717) is 136 Å². The smallest absolute Gasteiger partial charge is 0.275 e. The molecule has 22 heteroatoms. The predicted octanol–water partition coefficient (Wildman–Crippen LogP) is 5.97. The van der Waals surface area contributed by atoms with Crippen LogP contribution in [0.3, 0.4) is 0 Å². The van der Waals surface area contributed by atoms with Crippen LogP contribution < -0.4 is 30.9 Å². The Labute approximate surface area is 452 Å². The summed E-state index contributed by atoms with van der Waals surface area (Å²) in [5, 5.41) is 17.6. The highest BCUT2D eigenvalue weighted by Crippen LogP contribution is 2.37. The molecule has 0 saturated carbocycles. The molecule has 6 atom stereocenters. The Bertz CT molecular complexity index is 3890. The van der Waals surface area contributed by atoms with Crippen molar-refractivity contribution in [3.05, 3.63) is 116 Å². The van der Waals surface area contributed by atoms with Crippen LogP contribution >= 0.6 is 0 Å². The second-order valence-electron chi connectivity index (χ2n) is 20.7. The van der Waals surface area contributed by atoms with E-state index in [0.717, 1.165) is 49.8 Å². The molecule has 0 spiro atoms. The number of benzene rings is 4. The molecule has 0 radical (unpaired) electrons. The summed E-state index contributed by atoms with van der Waals surface area (Å²) in [7, 11) is 3.11. The average molecular weight is 1080 g/mol. The Balaban J connectivity index is 0.000000160. The lowest BCUT2D eigenvalue weighted by atomic mass is 10.1. The molecule has 13 rings (SSSR count). The summed E-state index contributed by atoms with van der Waals surface area (Å²) in [5.74, 6) is 1.93. The third-order valence-electron chi connectivity index (χ3n) is 15.4. The molecule has 3 saturated heterocycles. The van der Waals surface area contributed by atoms with Gasteiger partial charge in [0.05, 0.1) is 65.7 Å². The van der Waals surface area contributed by atoms with Crippen molar-refractivity contribution >= 4 is 43.9 Å². The number of nitrogens with one attached hydrogen (secondary N) is 3. The minimum atomic E-state index is -0.353. The van der Waals surface area contributed by atoms with Crippen LogP contribution in [0.5, 0.6) is 17.4 Å². The van der Waals surface area contributed by atoms with Crippen LogP contribution in [0.15, 0.2) is 93.5 Å². The van der Waals surface area contributed by atoms with Crippen LogP contribution in [0.1, 0.15) is 51.5 Å². The molecular formula is C57H62N12O10. The van der Waals surface area contributed by atoms with E-state index in [1.54, 1.807) is 66.3 Å². The molecule has 22 nitrogen and oxygen atoms in total. The van der Waals surface area contributed by atoms with Crippen molar-refractivity contribution < 1.29 is 33.5 Å². The maximum atomic E-state index is 13.4. The van der Waals surface area contributed by atoms with E-state index in [4.69, 9.17) is 43.4 Å². The number of ether oxygens (including phenoxy) is 6. The van der Waals surface area contributed by atoms with Gasteiger partial charge in [0.15, 0.2) is 24.7 Å². The quantitative estimate of drug-likeness (QED) is 0.103. The Morgan fingerprint density at radius 2 is 1.58 bits per heavy atom. The van der Waals surface area contributed by atoms with Gasteiger partial charge in [-0.25, -0.2) is 24.9 Å². The number of fused-ring (bicyclic) bond motifs is 7. The van der Waals surface area contributed by atoms with E-state index < -0.39 is 0 Å². The van der Waals surface area contributed by atoms with E-state index in [1.807, 2.05) is 36.4 Å². The van der Waals surface area contributed by atoms with Gasteiger partial charge < -0.3 is 38.5 Å². The summed E-state index contributed by atoms with van der Waals surface area (Å²) in [5.41, 5.74) is 6.42. The standard InChI is InChI=1S/C31H39N5O7.C26H23N7O3/c1-19-13-21(37)16-35(19)10-11-36-31(38)23-8-6-7-22(27(23)34-36)28-30(40-3)32-24-14-20(17-42-26-9-4-5-12-41-26)15-25(29(24)33-28)43-18-39-2;1-14-10-16-13-32(14)8-9-33-26(35)18-5-2-4-17(21(18)31-33)22-25(34)29-19-11-15(24-27-6-3-7-28-24)12-20(36-16)23(19)30-22/h6-8,14-15,19,21,26,34,37H,4-5,9-13,16-18H2,1-3H3;2-7,11-12,14,16,31H,8-10,13H2,1H3,(H,29,34)/t19-,21-,26?;14-,16?/m11/s1. The molecule has 5 aromatic heterocycles. The number of rotatable bonds is 12. The molecule has 3 unspecified atom stereocenters. The van der Waals surface area contributed by atoms with Crippen molar-refractivity contribution in [1.82, 2.24) is 59.3 Å². The summed E-state index contributed by atoms with van der Waals surface area (Å²) < 4.78 is 38.4. The van der Waals surface area contributed by atoms with Gasteiger partial charge in [-0.05, 0) is 87.6 Å². The maximum absolute atomic E-state index is 13.4. The van der Waals surface area contributed by atoms with E-state index in [9.17, 15) is 19.5 Å². The molecule has 4 aliphatic heterocycles. The molecule has 3 fully saturated rings. The zero-order chi connectivity index (χ0) is 54.3. The fraction of sp³-hybridized carbons (Fsp3) is 0.404. The van der Waals surface area contributed by atoms with E-state index in [1.165, 1.54) is 0 Å². The third-order valence-corrected chi connectivity index (χ3v) is 15.4.